The highest BCUT2D eigenvalue weighted by molar-refractivity contribution is 7.87. The number of phenolic OH excluding ortho intramolecular Hbond substituents is 2. The number of phenols is 2. The number of non-ortho nitro benzene ring substituents is 1. The molecule has 1 heterocycles. The van der Waals surface area contributed by atoms with Crippen molar-refractivity contribution in [3.63, 3.8) is 0 Å². The molecule has 0 saturated heterocycles. The number of hydrogen-bond acceptors (Lipinski definition) is 34. The molecule has 482 valence electrons. The van der Waals surface area contributed by atoms with Gasteiger partial charge in [-0.05, 0) is 84.2 Å². The Morgan fingerprint density at radius 1 is 0.554 bits per heavy atom. The lowest BCUT2D eigenvalue weighted by molar-refractivity contribution is -0.385. The summed E-state index contributed by atoms with van der Waals surface area (Å²) >= 11 is 0. The Kier molecular flexibility index (Phi) is 20.6. The molecule has 8 rings (SSSR count). The quantitative estimate of drug-likeness (QED) is 0.0119. The minimum atomic E-state index is -5.37. The predicted octanol–water partition coefficient (Wildman–Crippen LogP) is 5.91. The van der Waals surface area contributed by atoms with Crippen LogP contribution in [0.2, 0.25) is 0 Å². The van der Waals surface area contributed by atoms with Crippen LogP contribution in [0, 0.1) is 10.1 Å². The van der Waals surface area contributed by atoms with Crippen molar-refractivity contribution in [3.05, 3.63) is 113 Å². The molecular formula is C43H28N12O30S7. The van der Waals surface area contributed by atoms with E-state index in [1.54, 1.807) is 0 Å². The van der Waals surface area contributed by atoms with Crippen molar-refractivity contribution in [2.24, 2.45) is 40.9 Å². The van der Waals surface area contributed by atoms with Crippen LogP contribution >= 0.6 is 0 Å². The van der Waals surface area contributed by atoms with E-state index in [1.807, 2.05) is 0 Å². The zero-order valence-corrected chi connectivity index (χ0v) is 49.5. The lowest BCUT2D eigenvalue weighted by Crippen LogP contribution is -2.09. The lowest BCUT2D eigenvalue weighted by Gasteiger charge is -2.12. The highest BCUT2D eigenvalue weighted by Gasteiger charge is 2.29. The molecule has 0 fully saturated rings. The number of nitrogen functional groups attached to an aromatic ring is 1. The van der Waals surface area contributed by atoms with Gasteiger partial charge in [0.25, 0.3) is 68.6 Å². The first-order chi connectivity index (χ1) is 42.5. The van der Waals surface area contributed by atoms with Gasteiger partial charge >= 0.3 is 27.2 Å². The fraction of sp³-hybridized carbons (Fsp3) is 0. The van der Waals surface area contributed by atoms with Gasteiger partial charge in [0.2, 0.25) is 11.6 Å². The molecule has 1 aromatic heterocycles. The van der Waals surface area contributed by atoms with Gasteiger partial charge in [-0.15, -0.1) is 61.0 Å². The number of carbonyl (C=O) groups excluding carboxylic acids is 1. The number of benzene rings is 7. The van der Waals surface area contributed by atoms with Crippen LogP contribution in [0.3, 0.4) is 0 Å². The van der Waals surface area contributed by atoms with Gasteiger partial charge in [0, 0.05) is 22.9 Å². The van der Waals surface area contributed by atoms with Crippen molar-refractivity contribution in [2.75, 3.05) is 5.73 Å². The van der Waals surface area contributed by atoms with E-state index >= 15 is 0 Å². The number of anilines is 1. The SMILES string of the molecule is Nc1c(N=Nc2ccc3c(O)c(N=Nc4ccc(N=Nc5c(OC=O)nn(-c6ccc(S(=O)(=O)O)cc6C(=O)O)c5O)c(S(=O)(=O)O)c4)c(S(=O)(=O)O)cc3c2)cc(S(=O)(=O)O)c2ccc(N=Nc3ccc([N+](=O)[O-])cc3S(=O)(=O)O)c(O)c12.O=S(=O)=O.O=S(=O)=O. The Bertz CT molecular complexity index is 5420. The molecule has 0 spiro atoms. The third-order valence-electron chi connectivity index (χ3n) is 11.2. The molecule has 0 bridgehead atoms. The number of ether oxygens (including phenoxy) is 1. The maximum Gasteiger partial charge on any atom is 0.425 e. The van der Waals surface area contributed by atoms with Crippen molar-refractivity contribution in [1.82, 2.24) is 9.78 Å². The molecule has 8 aromatic rings. The molecule has 11 N–H and O–H groups in total. The lowest BCUT2D eigenvalue weighted by atomic mass is 10.1. The van der Waals surface area contributed by atoms with Crippen LogP contribution in [0.15, 0.2) is 162 Å². The summed E-state index contributed by atoms with van der Waals surface area (Å²) in [6.45, 7) is -0.227. The smallest absolute Gasteiger partial charge is 0.425 e. The summed E-state index contributed by atoms with van der Waals surface area (Å²) in [6.07, 6.45) is 0. The fourth-order valence-corrected chi connectivity index (χ4v) is 10.7. The monoisotopic (exact) mass is 1420 g/mol. The number of aromatic carboxylic acids is 1. The highest BCUT2D eigenvalue weighted by atomic mass is 32.2. The molecule has 0 aliphatic carbocycles. The van der Waals surface area contributed by atoms with Crippen LogP contribution in [-0.4, -0.2) is 138 Å². The fourth-order valence-electron chi connectivity index (χ4n) is 7.52. The molecule has 0 amide bonds. The Morgan fingerprint density at radius 3 is 1.60 bits per heavy atom. The van der Waals surface area contributed by atoms with E-state index in [0.29, 0.717) is 22.9 Å². The average molecular weight is 1420 g/mol. The van der Waals surface area contributed by atoms with Gasteiger partial charge in [-0.2, -0.15) is 57.0 Å². The summed E-state index contributed by atoms with van der Waals surface area (Å²) in [7, 11) is -32.2. The second kappa shape index (κ2) is 27.0. The summed E-state index contributed by atoms with van der Waals surface area (Å²) in [4.78, 5) is 28.5. The number of hydrogen-bond donors (Lipinski definition) is 10. The average Bonchev–Trinajstić information content (AvgIpc) is 0.830. The van der Waals surface area contributed by atoms with Crippen molar-refractivity contribution in [2.45, 2.75) is 24.5 Å². The zero-order chi connectivity index (χ0) is 68.9. The van der Waals surface area contributed by atoms with Crippen LogP contribution in [-0.2, 0) is 76.6 Å². The van der Waals surface area contributed by atoms with E-state index in [2.05, 4.69) is 50.7 Å². The third kappa shape index (κ3) is 16.4. The molecule has 0 saturated carbocycles. The Labute approximate surface area is 512 Å². The number of nitrogens with zero attached hydrogens (tertiary/aromatic N) is 11. The normalized spacial score (nSPS) is 12.2. The summed E-state index contributed by atoms with van der Waals surface area (Å²) in [5, 5.41) is 86.7. The highest BCUT2D eigenvalue weighted by Crippen LogP contribution is 2.47. The Balaban J connectivity index is 0.00000159. The molecular weight excluding hydrogens is 1390 g/mol. The van der Waals surface area contributed by atoms with E-state index in [4.69, 9.17) is 31.0 Å². The summed E-state index contributed by atoms with van der Waals surface area (Å²) in [5.74, 6) is -5.79. The number of aromatic hydroxyl groups is 3. The van der Waals surface area contributed by atoms with Crippen LogP contribution in [0.4, 0.5) is 56.9 Å². The molecule has 49 heteroatoms. The van der Waals surface area contributed by atoms with Gasteiger partial charge in [-0.25, -0.2) is 4.79 Å². The number of rotatable bonds is 18. The first kappa shape index (κ1) is 70.1. The van der Waals surface area contributed by atoms with E-state index in [1.165, 1.54) is 0 Å². The summed E-state index contributed by atoms with van der Waals surface area (Å²) in [5.41, 5.74) is -1.60. The minimum absolute atomic E-state index is 0.220. The first-order valence-electron chi connectivity index (χ1n) is 22.7. The number of nitrogens with two attached hydrogens (primary N) is 1. The molecule has 0 atom stereocenters. The standard InChI is InChI=1S/C43H28N12O24S5.2O3S/c44-36-29(16-31(81(67,68)69)24-6-9-28(40(58)35(24)36)49-47-27-8-3-21(55(62)63)14-33(27)83(73,74)75)50-45-19-1-5-23-18(11-19)12-34(84(76,77)78)37(39(23)57)51-46-20-2-7-26(32(13-20)82(70,71)72)48-52-38-41(79-17-56)53-54(42(38)59)30-10-4-22(80(64,65)66)15-25(30)43(60)61;2*1-4(2)3/h1-17,57-59H,44H2,(H,60,61)(H,64,65,66)(H,67,68,69)(H,70,71,72)(H,73,74,75)(H,76,77,78);;. The number of fused-ring (bicyclic) bond motifs is 2. The molecule has 42 nitrogen and oxygen atoms in total. The maximum absolute atomic E-state index is 12.7. The van der Waals surface area contributed by atoms with E-state index < -0.39 is 204 Å². The maximum atomic E-state index is 12.7. The predicted molar refractivity (Wildman–Crippen MR) is 299 cm³/mol. The Hall–Kier alpha value is -11.0. The van der Waals surface area contributed by atoms with Gasteiger partial charge in [0.1, 0.15) is 48.0 Å². The van der Waals surface area contributed by atoms with Gasteiger partial charge in [-0.3, -0.25) is 37.7 Å². The number of carbonyl (C=O) groups is 2. The van der Waals surface area contributed by atoms with E-state index in [9.17, 15) is 105 Å². The third-order valence-corrected chi connectivity index (χ3v) is 15.6. The minimum Gasteiger partial charge on any atom is -0.505 e. The number of nitro groups is 1. The van der Waals surface area contributed by atoms with E-state index in [-0.39, 0.29) is 22.9 Å². The molecule has 0 unspecified atom stereocenters. The van der Waals surface area contributed by atoms with Gasteiger partial charge in [-0.1, -0.05) is 6.07 Å². The largest absolute Gasteiger partial charge is 0.505 e. The van der Waals surface area contributed by atoms with Crippen LogP contribution < -0.4 is 10.5 Å². The van der Waals surface area contributed by atoms with Crippen LogP contribution in [0.5, 0.6) is 23.3 Å². The Morgan fingerprint density at radius 2 is 1.04 bits per heavy atom. The van der Waals surface area contributed by atoms with Crippen molar-refractivity contribution >= 4 is 163 Å². The van der Waals surface area contributed by atoms with Crippen molar-refractivity contribution in [1.29, 1.82) is 0 Å². The number of aromatic nitrogens is 2. The number of carboxylic acid groups (broad SMARTS) is 1. The molecule has 92 heavy (non-hydrogen) atoms. The number of carboxylic acids is 1. The first-order valence-corrected chi connectivity index (χ1v) is 31.9. The van der Waals surface area contributed by atoms with Crippen LogP contribution in [0.1, 0.15) is 10.4 Å². The second-order valence-electron chi connectivity index (χ2n) is 16.9. The van der Waals surface area contributed by atoms with E-state index in [0.717, 1.165) is 78.9 Å². The van der Waals surface area contributed by atoms with Crippen molar-refractivity contribution in [3.8, 4) is 28.9 Å². The summed E-state index contributed by atoms with van der Waals surface area (Å²) in [6, 6.07) is 13.1. The van der Waals surface area contributed by atoms with Gasteiger partial charge in [0.05, 0.1) is 43.5 Å². The zero-order valence-electron chi connectivity index (χ0n) is 43.8. The number of nitro benzene ring substituents is 1. The van der Waals surface area contributed by atoms with Gasteiger partial charge < -0.3 is 30.9 Å². The number of azo groups is 4. The van der Waals surface area contributed by atoms with Gasteiger partial charge in [0.15, 0.2) is 11.5 Å². The second-order valence-corrected chi connectivity index (χ2v) is 24.7. The molecule has 0 aliphatic heterocycles. The topological polar surface area (TPSA) is 684 Å². The molecule has 0 radical (unpaired) electrons. The molecule has 7 aromatic carbocycles. The van der Waals surface area contributed by atoms with Crippen LogP contribution in [0.25, 0.3) is 27.2 Å². The van der Waals surface area contributed by atoms with Crippen molar-refractivity contribution < 1.29 is 130 Å². The molecule has 0 aliphatic rings. The summed E-state index contributed by atoms with van der Waals surface area (Å²) < 4.78 is 228.